The number of nitrogens with one attached hydrogen (secondary N) is 1. The highest BCUT2D eigenvalue weighted by Crippen LogP contribution is 2.30. The third kappa shape index (κ3) is 4.12. The standard InChI is InChI=1S/C16H13Cl2N5OS/c1-10(15(24)19-13-9-5-8-12(17)14(13)18)25-16-20-21-22-23(16)11-6-3-2-4-7-11/h2-10H,1H3,(H,19,24). The number of hydrogen-bond acceptors (Lipinski definition) is 5. The number of amides is 1. The van der Waals surface area contributed by atoms with Crippen LogP contribution in [0.3, 0.4) is 0 Å². The van der Waals surface area contributed by atoms with Crippen LogP contribution in [0.5, 0.6) is 0 Å². The average molecular weight is 394 g/mol. The first-order chi connectivity index (χ1) is 12.1. The molecule has 1 heterocycles. The molecule has 1 N–H and O–H groups in total. The maximum absolute atomic E-state index is 12.4. The van der Waals surface area contributed by atoms with E-state index in [2.05, 4.69) is 20.8 Å². The van der Waals surface area contributed by atoms with Gasteiger partial charge in [0.15, 0.2) is 0 Å². The van der Waals surface area contributed by atoms with Gasteiger partial charge < -0.3 is 5.32 Å². The number of aromatic nitrogens is 4. The van der Waals surface area contributed by atoms with E-state index in [9.17, 15) is 4.79 Å². The summed E-state index contributed by atoms with van der Waals surface area (Å²) in [6.45, 7) is 1.77. The van der Waals surface area contributed by atoms with Crippen molar-refractivity contribution in [3.05, 3.63) is 58.6 Å². The topological polar surface area (TPSA) is 72.7 Å². The highest BCUT2D eigenvalue weighted by atomic mass is 35.5. The van der Waals surface area contributed by atoms with Crippen LogP contribution < -0.4 is 5.32 Å². The minimum Gasteiger partial charge on any atom is -0.324 e. The number of anilines is 1. The zero-order valence-electron chi connectivity index (χ0n) is 13.1. The molecule has 0 aliphatic rings. The molecule has 0 bridgehead atoms. The molecule has 0 saturated heterocycles. The van der Waals surface area contributed by atoms with Crippen LogP contribution in [0.25, 0.3) is 5.69 Å². The van der Waals surface area contributed by atoms with Crippen molar-refractivity contribution >= 4 is 46.6 Å². The first-order valence-corrected chi connectivity index (χ1v) is 8.95. The maximum Gasteiger partial charge on any atom is 0.237 e. The number of nitrogens with zero attached hydrogens (tertiary/aromatic N) is 4. The molecule has 0 aliphatic carbocycles. The molecule has 128 valence electrons. The summed E-state index contributed by atoms with van der Waals surface area (Å²) >= 11 is 13.3. The van der Waals surface area contributed by atoms with E-state index >= 15 is 0 Å². The summed E-state index contributed by atoms with van der Waals surface area (Å²) in [5, 5.41) is 15.2. The van der Waals surface area contributed by atoms with E-state index in [-0.39, 0.29) is 5.91 Å². The lowest BCUT2D eigenvalue weighted by Crippen LogP contribution is -2.23. The Morgan fingerprint density at radius 3 is 2.68 bits per heavy atom. The van der Waals surface area contributed by atoms with Gasteiger partial charge in [0.25, 0.3) is 0 Å². The fourth-order valence-electron chi connectivity index (χ4n) is 2.03. The Balaban J connectivity index is 1.73. The molecule has 6 nitrogen and oxygen atoms in total. The molecule has 0 fully saturated rings. The summed E-state index contributed by atoms with van der Waals surface area (Å²) in [5.41, 5.74) is 1.29. The van der Waals surface area contributed by atoms with Crippen LogP contribution in [0.15, 0.2) is 53.7 Å². The molecule has 0 saturated carbocycles. The van der Waals surface area contributed by atoms with Crippen molar-refractivity contribution in [3.8, 4) is 5.69 Å². The molecule has 3 rings (SSSR count). The van der Waals surface area contributed by atoms with Gasteiger partial charge >= 0.3 is 0 Å². The van der Waals surface area contributed by atoms with Crippen molar-refractivity contribution in [1.29, 1.82) is 0 Å². The number of para-hydroxylation sites is 1. The fourth-order valence-corrected chi connectivity index (χ4v) is 3.19. The van der Waals surface area contributed by atoms with Crippen LogP contribution in [-0.4, -0.2) is 31.4 Å². The van der Waals surface area contributed by atoms with Gasteiger partial charge in [-0.2, -0.15) is 4.68 Å². The van der Waals surface area contributed by atoms with Gasteiger partial charge in [-0.25, -0.2) is 0 Å². The van der Waals surface area contributed by atoms with Crippen LogP contribution in [0.1, 0.15) is 6.92 Å². The van der Waals surface area contributed by atoms with Gasteiger partial charge in [0.05, 0.1) is 26.7 Å². The second-order valence-electron chi connectivity index (χ2n) is 5.06. The van der Waals surface area contributed by atoms with Gasteiger partial charge in [-0.1, -0.05) is 59.2 Å². The molecular formula is C16H13Cl2N5OS. The Labute approximate surface area is 158 Å². The van der Waals surface area contributed by atoms with E-state index in [1.54, 1.807) is 29.8 Å². The van der Waals surface area contributed by atoms with Crippen molar-refractivity contribution in [2.45, 2.75) is 17.3 Å². The summed E-state index contributed by atoms with van der Waals surface area (Å²) in [6.07, 6.45) is 0. The Morgan fingerprint density at radius 2 is 1.92 bits per heavy atom. The molecule has 1 aromatic heterocycles. The zero-order valence-corrected chi connectivity index (χ0v) is 15.4. The highest BCUT2D eigenvalue weighted by Gasteiger charge is 2.20. The van der Waals surface area contributed by atoms with Gasteiger partial charge in [0.1, 0.15) is 0 Å². The Bertz CT molecular complexity index is 887. The number of benzene rings is 2. The third-order valence-electron chi connectivity index (χ3n) is 3.30. The lowest BCUT2D eigenvalue weighted by Gasteiger charge is -2.13. The SMILES string of the molecule is CC(Sc1nnnn1-c1ccccc1)C(=O)Nc1cccc(Cl)c1Cl. The molecule has 0 radical (unpaired) electrons. The lowest BCUT2D eigenvalue weighted by molar-refractivity contribution is -0.115. The first kappa shape index (κ1) is 17.7. The van der Waals surface area contributed by atoms with Crippen molar-refractivity contribution in [3.63, 3.8) is 0 Å². The van der Waals surface area contributed by atoms with Gasteiger partial charge in [0, 0.05) is 0 Å². The summed E-state index contributed by atoms with van der Waals surface area (Å²) in [5.74, 6) is -0.225. The highest BCUT2D eigenvalue weighted by molar-refractivity contribution is 8.00. The van der Waals surface area contributed by atoms with Crippen molar-refractivity contribution in [2.24, 2.45) is 0 Å². The van der Waals surface area contributed by atoms with E-state index in [1.807, 2.05) is 30.3 Å². The normalized spacial score (nSPS) is 12.0. The molecule has 9 heteroatoms. The van der Waals surface area contributed by atoms with Gasteiger partial charge in [-0.3, -0.25) is 4.79 Å². The van der Waals surface area contributed by atoms with Crippen LogP contribution in [0.2, 0.25) is 10.0 Å². The molecule has 0 spiro atoms. The van der Waals surface area contributed by atoms with Crippen LogP contribution in [0, 0.1) is 0 Å². The zero-order chi connectivity index (χ0) is 17.8. The second kappa shape index (κ2) is 7.86. The molecule has 1 amide bonds. The smallest absolute Gasteiger partial charge is 0.237 e. The van der Waals surface area contributed by atoms with E-state index in [0.29, 0.717) is 20.9 Å². The maximum atomic E-state index is 12.4. The van der Waals surface area contributed by atoms with Gasteiger partial charge in [-0.15, -0.1) is 5.10 Å². The molecular weight excluding hydrogens is 381 g/mol. The van der Waals surface area contributed by atoms with Crippen LogP contribution in [0.4, 0.5) is 5.69 Å². The first-order valence-electron chi connectivity index (χ1n) is 7.31. The number of carbonyl (C=O) groups excluding carboxylic acids is 1. The number of rotatable bonds is 5. The molecule has 1 atom stereocenters. The fraction of sp³-hybridized carbons (Fsp3) is 0.125. The lowest BCUT2D eigenvalue weighted by atomic mass is 10.3. The average Bonchev–Trinajstić information content (AvgIpc) is 3.07. The van der Waals surface area contributed by atoms with E-state index < -0.39 is 5.25 Å². The summed E-state index contributed by atoms with van der Waals surface area (Å²) < 4.78 is 1.58. The molecule has 2 aromatic carbocycles. The molecule has 1 unspecified atom stereocenters. The molecule has 0 aliphatic heterocycles. The molecule has 3 aromatic rings. The summed E-state index contributed by atoms with van der Waals surface area (Å²) in [4.78, 5) is 12.4. The number of tetrazole rings is 1. The number of hydrogen-bond donors (Lipinski definition) is 1. The summed E-state index contributed by atoms with van der Waals surface area (Å²) in [7, 11) is 0. The third-order valence-corrected chi connectivity index (χ3v) is 5.15. The predicted octanol–water partition coefficient (Wildman–Crippen LogP) is 4.09. The second-order valence-corrected chi connectivity index (χ2v) is 7.15. The minimum absolute atomic E-state index is 0.225. The molecule has 25 heavy (non-hydrogen) atoms. The summed E-state index contributed by atoms with van der Waals surface area (Å²) in [6, 6.07) is 14.5. The quantitative estimate of drug-likeness (QED) is 0.660. The number of halogens is 2. The van der Waals surface area contributed by atoms with Crippen LogP contribution in [-0.2, 0) is 4.79 Å². The predicted molar refractivity (Wildman–Crippen MR) is 99.6 cm³/mol. The van der Waals surface area contributed by atoms with Gasteiger partial charge in [-0.05, 0) is 41.6 Å². The van der Waals surface area contributed by atoms with Crippen LogP contribution >= 0.6 is 35.0 Å². The largest absolute Gasteiger partial charge is 0.324 e. The Hall–Kier alpha value is -2.09. The minimum atomic E-state index is -0.441. The Morgan fingerprint density at radius 1 is 1.16 bits per heavy atom. The number of carbonyl (C=O) groups is 1. The van der Waals surface area contributed by atoms with Gasteiger partial charge in [0.2, 0.25) is 11.1 Å². The van der Waals surface area contributed by atoms with E-state index in [4.69, 9.17) is 23.2 Å². The van der Waals surface area contributed by atoms with Crippen molar-refractivity contribution in [1.82, 2.24) is 20.2 Å². The number of thioether (sulfide) groups is 1. The van der Waals surface area contributed by atoms with E-state index in [1.165, 1.54) is 11.8 Å². The van der Waals surface area contributed by atoms with Crippen molar-refractivity contribution < 1.29 is 4.79 Å². The monoisotopic (exact) mass is 393 g/mol. The Kier molecular flexibility index (Phi) is 5.57. The van der Waals surface area contributed by atoms with Crippen molar-refractivity contribution in [2.75, 3.05) is 5.32 Å². The van der Waals surface area contributed by atoms with E-state index in [0.717, 1.165) is 5.69 Å².